The average molecular weight is 376 g/mol. The molecule has 5 heterocycles. The molecule has 2 aliphatic rings. The second-order valence-corrected chi connectivity index (χ2v) is 6.93. The molecule has 27 heavy (non-hydrogen) atoms. The monoisotopic (exact) mass is 376 g/mol. The molecule has 3 aromatic rings. The molecule has 0 aromatic carbocycles. The molecule has 5 rings (SSSR count). The first-order valence-electron chi connectivity index (χ1n) is 8.55. The summed E-state index contributed by atoms with van der Waals surface area (Å²) in [6.45, 7) is 3.18. The van der Waals surface area contributed by atoms with Gasteiger partial charge in [-0.3, -0.25) is 0 Å². The van der Waals surface area contributed by atoms with Crippen LogP contribution in [-0.2, 0) is 6.18 Å². The maximum Gasteiger partial charge on any atom is 0.435 e. The van der Waals surface area contributed by atoms with Gasteiger partial charge >= 0.3 is 6.18 Å². The van der Waals surface area contributed by atoms with Crippen molar-refractivity contribution in [3.8, 4) is 0 Å². The van der Waals surface area contributed by atoms with E-state index in [1.807, 2.05) is 17.0 Å². The minimum atomic E-state index is -4.47. The lowest BCUT2D eigenvalue weighted by Gasteiger charge is -2.22. The van der Waals surface area contributed by atoms with E-state index in [4.69, 9.17) is 0 Å². The Morgan fingerprint density at radius 3 is 2.11 bits per heavy atom. The fourth-order valence-electron chi connectivity index (χ4n) is 3.90. The summed E-state index contributed by atoms with van der Waals surface area (Å²) in [5.74, 6) is 2.19. The lowest BCUT2D eigenvalue weighted by molar-refractivity contribution is -0.141. The first-order valence-corrected chi connectivity index (χ1v) is 8.55. The predicted molar refractivity (Wildman–Crippen MR) is 89.2 cm³/mol. The van der Waals surface area contributed by atoms with Gasteiger partial charge in [0.1, 0.15) is 12.1 Å². The fraction of sp³-hybridized carbons (Fsp3) is 0.438. The van der Waals surface area contributed by atoms with E-state index in [-0.39, 0.29) is 0 Å². The van der Waals surface area contributed by atoms with Crippen LogP contribution in [0.3, 0.4) is 0 Å². The molecule has 0 N–H and O–H groups in total. The summed E-state index contributed by atoms with van der Waals surface area (Å²) in [7, 11) is 0. The van der Waals surface area contributed by atoms with Crippen molar-refractivity contribution in [2.24, 2.45) is 11.8 Å². The van der Waals surface area contributed by atoms with E-state index in [9.17, 15) is 13.2 Å². The van der Waals surface area contributed by atoms with Crippen LogP contribution in [0.4, 0.5) is 24.8 Å². The lowest BCUT2D eigenvalue weighted by Crippen LogP contribution is -2.30. The smallest absolute Gasteiger partial charge is 0.354 e. The Labute approximate surface area is 151 Å². The van der Waals surface area contributed by atoms with E-state index in [1.165, 1.54) is 6.07 Å². The van der Waals surface area contributed by atoms with E-state index >= 15 is 0 Å². The molecule has 2 unspecified atom stereocenters. The van der Waals surface area contributed by atoms with Crippen molar-refractivity contribution in [3.05, 3.63) is 36.3 Å². The Bertz CT molecular complexity index is 956. The standard InChI is InChI=1S/C16H15F3N8/c17-16(18,19)12-1-2-13(23-21-12)25-5-10-7-26(8-11(10)6-25)15-4-3-14-22-20-9-27(14)24-15/h1-4,9-11H,5-8H2. The zero-order chi connectivity index (χ0) is 18.6. The Hall–Kier alpha value is -2.98. The summed E-state index contributed by atoms with van der Waals surface area (Å²) in [4.78, 5) is 4.24. The van der Waals surface area contributed by atoms with Crippen LogP contribution in [-0.4, -0.2) is 56.2 Å². The van der Waals surface area contributed by atoms with Gasteiger partial charge in [0.2, 0.25) is 0 Å². The van der Waals surface area contributed by atoms with Crippen molar-refractivity contribution in [2.75, 3.05) is 36.0 Å². The van der Waals surface area contributed by atoms with E-state index in [0.717, 1.165) is 38.1 Å². The highest BCUT2D eigenvalue weighted by atomic mass is 19.4. The Morgan fingerprint density at radius 1 is 0.815 bits per heavy atom. The van der Waals surface area contributed by atoms with Crippen LogP contribution >= 0.6 is 0 Å². The molecule has 2 aliphatic heterocycles. The summed E-state index contributed by atoms with van der Waals surface area (Å²) in [5, 5.41) is 19.4. The number of anilines is 2. The van der Waals surface area contributed by atoms with Crippen LogP contribution in [0.2, 0.25) is 0 Å². The molecule has 0 amide bonds. The normalized spacial score (nSPS) is 22.6. The number of aromatic nitrogens is 6. The molecular formula is C16H15F3N8. The molecule has 0 radical (unpaired) electrons. The Morgan fingerprint density at radius 2 is 1.48 bits per heavy atom. The zero-order valence-electron chi connectivity index (χ0n) is 14.1. The van der Waals surface area contributed by atoms with Gasteiger partial charge in [0.25, 0.3) is 0 Å². The molecule has 2 saturated heterocycles. The third-order valence-corrected chi connectivity index (χ3v) is 5.22. The van der Waals surface area contributed by atoms with Crippen molar-refractivity contribution in [3.63, 3.8) is 0 Å². The van der Waals surface area contributed by atoms with E-state index < -0.39 is 11.9 Å². The predicted octanol–water partition coefficient (Wildman–Crippen LogP) is 1.51. The van der Waals surface area contributed by atoms with Crippen LogP contribution in [0.1, 0.15) is 5.69 Å². The lowest BCUT2D eigenvalue weighted by atomic mass is 10.0. The van der Waals surface area contributed by atoms with Crippen molar-refractivity contribution in [1.82, 2.24) is 30.0 Å². The second-order valence-electron chi connectivity index (χ2n) is 6.93. The summed E-state index contributed by atoms with van der Waals surface area (Å²) < 4.78 is 39.5. The van der Waals surface area contributed by atoms with E-state index in [0.29, 0.717) is 23.3 Å². The van der Waals surface area contributed by atoms with Crippen LogP contribution in [0.25, 0.3) is 5.65 Å². The highest BCUT2D eigenvalue weighted by Crippen LogP contribution is 2.35. The maximum atomic E-state index is 12.6. The van der Waals surface area contributed by atoms with Crippen LogP contribution < -0.4 is 9.80 Å². The van der Waals surface area contributed by atoms with Crippen molar-refractivity contribution in [1.29, 1.82) is 0 Å². The molecule has 0 bridgehead atoms. The third-order valence-electron chi connectivity index (χ3n) is 5.22. The van der Waals surface area contributed by atoms with Crippen LogP contribution in [0.15, 0.2) is 30.6 Å². The molecular weight excluding hydrogens is 361 g/mol. The molecule has 11 heteroatoms. The van der Waals surface area contributed by atoms with Crippen molar-refractivity contribution in [2.45, 2.75) is 6.18 Å². The summed E-state index contributed by atoms with van der Waals surface area (Å²) in [6.07, 6.45) is -2.90. The molecule has 3 aromatic heterocycles. The van der Waals surface area contributed by atoms with Gasteiger partial charge in [-0.1, -0.05) is 0 Å². The fourth-order valence-corrected chi connectivity index (χ4v) is 3.90. The first-order chi connectivity index (χ1) is 13.0. The SMILES string of the molecule is FC(F)(F)c1ccc(N2CC3CN(c4ccc5nncn5n4)CC3C2)nn1. The third kappa shape index (κ3) is 2.82. The maximum absolute atomic E-state index is 12.6. The molecule has 8 nitrogen and oxygen atoms in total. The van der Waals surface area contributed by atoms with Crippen molar-refractivity contribution < 1.29 is 13.2 Å². The largest absolute Gasteiger partial charge is 0.435 e. The molecule has 0 spiro atoms. The molecule has 140 valence electrons. The highest BCUT2D eigenvalue weighted by molar-refractivity contribution is 5.47. The Balaban J connectivity index is 1.28. The second kappa shape index (κ2) is 5.76. The van der Waals surface area contributed by atoms with Crippen molar-refractivity contribution >= 4 is 17.3 Å². The molecule has 2 atom stereocenters. The number of hydrogen-bond acceptors (Lipinski definition) is 7. The van der Waals surface area contributed by atoms with Crippen LogP contribution in [0.5, 0.6) is 0 Å². The van der Waals surface area contributed by atoms with Gasteiger partial charge in [-0.15, -0.1) is 25.5 Å². The van der Waals surface area contributed by atoms with Crippen LogP contribution in [0, 0.1) is 11.8 Å². The molecule has 2 fully saturated rings. The average Bonchev–Trinajstić information content (AvgIpc) is 3.34. The summed E-state index contributed by atoms with van der Waals surface area (Å²) >= 11 is 0. The van der Waals surface area contributed by atoms with Gasteiger partial charge in [0.15, 0.2) is 17.2 Å². The zero-order valence-corrected chi connectivity index (χ0v) is 14.1. The highest BCUT2D eigenvalue weighted by Gasteiger charge is 2.41. The molecule has 0 aliphatic carbocycles. The topological polar surface area (TPSA) is 75.3 Å². The van der Waals surface area contributed by atoms with Gasteiger partial charge in [0, 0.05) is 38.0 Å². The van der Waals surface area contributed by atoms with Gasteiger partial charge < -0.3 is 9.80 Å². The minimum Gasteiger partial charge on any atom is -0.354 e. The first kappa shape index (κ1) is 16.2. The number of fused-ring (bicyclic) bond motifs is 2. The van der Waals surface area contributed by atoms with Gasteiger partial charge in [-0.05, 0) is 24.3 Å². The van der Waals surface area contributed by atoms with E-state index in [2.05, 4.69) is 30.4 Å². The van der Waals surface area contributed by atoms with Gasteiger partial charge in [-0.2, -0.15) is 17.7 Å². The minimum absolute atomic E-state index is 0.410. The van der Waals surface area contributed by atoms with Gasteiger partial charge in [-0.25, -0.2) is 0 Å². The van der Waals surface area contributed by atoms with Gasteiger partial charge in [0.05, 0.1) is 0 Å². The molecule has 0 saturated carbocycles. The quantitative estimate of drug-likeness (QED) is 0.671. The number of nitrogens with zero attached hydrogens (tertiary/aromatic N) is 8. The number of rotatable bonds is 2. The Kier molecular flexibility index (Phi) is 3.46. The summed E-state index contributed by atoms with van der Waals surface area (Å²) in [6, 6.07) is 6.20. The number of hydrogen-bond donors (Lipinski definition) is 0. The van der Waals surface area contributed by atoms with E-state index in [1.54, 1.807) is 10.8 Å². The number of halogens is 3. The summed E-state index contributed by atoms with van der Waals surface area (Å²) in [5.41, 5.74) is -0.266. The number of alkyl halides is 3.